The zero-order valence-corrected chi connectivity index (χ0v) is 18.6. The molecule has 2 aromatic rings. The summed E-state index contributed by atoms with van der Waals surface area (Å²) in [6, 6.07) is 17.2. The summed E-state index contributed by atoms with van der Waals surface area (Å²) in [4.78, 5) is 26.9. The summed E-state index contributed by atoms with van der Waals surface area (Å²) in [7, 11) is 1.63. The molecule has 1 atom stereocenters. The highest BCUT2D eigenvalue weighted by molar-refractivity contribution is 5.82. The molecule has 30 heavy (non-hydrogen) atoms. The molecule has 2 aromatic carbocycles. The summed E-state index contributed by atoms with van der Waals surface area (Å²) < 4.78 is 5.24. The molecule has 0 unspecified atom stereocenters. The van der Waals surface area contributed by atoms with E-state index >= 15 is 0 Å². The summed E-state index contributed by atoms with van der Waals surface area (Å²) in [5.74, 6) is 0.538. The van der Waals surface area contributed by atoms with E-state index in [2.05, 4.69) is 10.6 Å². The molecule has 0 saturated carbocycles. The number of nitrogens with one attached hydrogen (secondary N) is 2. The minimum atomic E-state index is -0.300. The number of hydrogen-bond acceptors (Lipinski definition) is 4. The number of rotatable bonds is 9. The van der Waals surface area contributed by atoms with Crippen molar-refractivity contribution in [2.45, 2.75) is 39.3 Å². The van der Waals surface area contributed by atoms with Gasteiger partial charge in [0.05, 0.1) is 26.2 Å². The van der Waals surface area contributed by atoms with Gasteiger partial charge < -0.3 is 15.4 Å². The Hall–Kier alpha value is -2.86. The van der Waals surface area contributed by atoms with E-state index in [0.717, 1.165) is 16.9 Å². The number of carbonyl (C=O) groups is 2. The molecule has 0 radical (unpaired) electrons. The molecule has 0 aromatic heterocycles. The van der Waals surface area contributed by atoms with Crippen LogP contribution in [0.2, 0.25) is 0 Å². The first-order valence-corrected chi connectivity index (χ1v) is 10.2. The lowest BCUT2D eigenvalue weighted by atomic mass is 9.98. The third kappa shape index (κ3) is 7.52. The van der Waals surface area contributed by atoms with Crippen LogP contribution in [-0.2, 0) is 9.59 Å². The van der Waals surface area contributed by atoms with Gasteiger partial charge in [-0.2, -0.15) is 0 Å². The average molecular weight is 412 g/mol. The smallest absolute Gasteiger partial charge is 0.234 e. The van der Waals surface area contributed by atoms with E-state index in [9.17, 15) is 9.59 Å². The highest BCUT2D eigenvalue weighted by atomic mass is 16.5. The maximum Gasteiger partial charge on any atom is 0.234 e. The Kier molecular flexibility index (Phi) is 8.42. The van der Waals surface area contributed by atoms with Crippen molar-refractivity contribution in [2.24, 2.45) is 0 Å². The Bertz CT molecular complexity index is 814. The highest BCUT2D eigenvalue weighted by Gasteiger charge is 2.21. The Morgan fingerprint density at radius 1 is 0.933 bits per heavy atom. The Balaban J connectivity index is 2.10. The summed E-state index contributed by atoms with van der Waals surface area (Å²) in [6.45, 7) is 8.68. The SMILES string of the molecule is CCN(CC(=O)N[C@@H](c1ccccc1)c1ccc(OC)cc1)CC(=O)NC(C)(C)C. The lowest BCUT2D eigenvalue weighted by Crippen LogP contribution is -2.48. The minimum Gasteiger partial charge on any atom is -0.497 e. The molecule has 6 nitrogen and oxygen atoms in total. The summed E-state index contributed by atoms with van der Waals surface area (Å²) in [6.07, 6.45) is 0. The third-order valence-electron chi connectivity index (χ3n) is 4.58. The van der Waals surface area contributed by atoms with Gasteiger partial charge in [0.2, 0.25) is 11.8 Å². The van der Waals surface area contributed by atoms with Gasteiger partial charge in [-0.05, 0) is 50.6 Å². The Morgan fingerprint density at radius 3 is 2.03 bits per heavy atom. The number of nitrogens with zero attached hydrogens (tertiary/aromatic N) is 1. The van der Waals surface area contributed by atoms with E-state index in [-0.39, 0.29) is 36.5 Å². The molecule has 0 spiro atoms. The predicted octanol–water partition coefficient (Wildman–Crippen LogP) is 3.14. The van der Waals surface area contributed by atoms with Gasteiger partial charge in [0.25, 0.3) is 0 Å². The maximum absolute atomic E-state index is 12.9. The second-order valence-electron chi connectivity index (χ2n) is 8.29. The molecule has 2 amide bonds. The van der Waals surface area contributed by atoms with E-state index in [1.54, 1.807) is 7.11 Å². The first-order valence-electron chi connectivity index (χ1n) is 10.2. The molecular formula is C24H33N3O3. The van der Waals surface area contributed by atoms with Gasteiger partial charge in [-0.1, -0.05) is 49.4 Å². The van der Waals surface area contributed by atoms with Crippen molar-refractivity contribution in [3.63, 3.8) is 0 Å². The first-order chi connectivity index (χ1) is 14.2. The van der Waals surface area contributed by atoms with E-state index in [1.807, 2.05) is 87.2 Å². The van der Waals surface area contributed by atoms with Gasteiger partial charge in [-0.3, -0.25) is 14.5 Å². The van der Waals surface area contributed by atoms with Crippen molar-refractivity contribution in [1.29, 1.82) is 0 Å². The molecule has 0 bridgehead atoms. The third-order valence-corrected chi connectivity index (χ3v) is 4.58. The lowest BCUT2D eigenvalue weighted by molar-refractivity contribution is -0.126. The van der Waals surface area contributed by atoms with Crippen molar-refractivity contribution in [1.82, 2.24) is 15.5 Å². The molecule has 0 aliphatic rings. The Morgan fingerprint density at radius 2 is 1.50 bits per heavy atom. The first kappa shape index (κ1) is 23.4. The number of likely N-dealkylation sites (N-methyl/N-ethyl adjacent to an activating group) is 1. The number of hydrogen-bond donors (Lipinski definition) is 2. The van der Waals surface area contributed by atoms with Crippen molar-refractivity contribution >= 4 is 11.8 Å². The lowest BCUT2D eigenvalue weighted by Gasteiger charge is -2.26. The topological polar surface area (TPSA) is 70.7 Å². The standard InChI is InChI=1S/C24H33N3O3/c1-6-27(17-22(29)26-24(2,3)4)16-21(28)25-23(18-10-8-7-9-11-18)19-12-14-20(30-5)15-13-19/h7-15,23H,6,16-17H2,1-5H3,(H,25,28)(H,26,29)/t23-/m0/s1. The van der Waals surface area contributed by atoms with Crippen LogP contribution in [0.3, 0.4) is 0 Å². The van der Waals surface area contributed by atoms with Crippen molar-refractivity contribution in [3.8, 4) is 5.75 Å². The van der Waals surface area contributed by atoms with Crippen LogP contribution in [0.4, 0.5) is 0 Å². The van der Waals surface area contributed by atoms with Crippen LogP contribution in [0, 0.1) is 0 Å². The van der Waals surface area contributed by atoms with Crippen LogP contribution in [-0.4, -0.2) is 49.0 Å². The molecule has 0 aliphatic carbocycles. The van der Waals surface area contributed by atoms with Crippen LogP contribution >= 0.6 is 0 Å². The average Bonchev–Trinajstić information content (AvgIpc) is 2.71. The maximum atomic E-state index is 12.9. The molecular weight excluding hydrogens is 378 g/mol. The van der Waals surface area contributed by atoms with Gasteiger partial charge in [0.1, 0.15) is 5.75 Å². The van der Waals surface area contributed by atoms with Gasteiger partial charge in [0.15, 0.2) is 0 Å². The number of methoxy groups -OCH3 is 1. The summed E-state index contributed by atoms with van der Waals surface area (Å²) in [5, 5.41) is 6.06. The molecule has 0 aliphatic heterocycles. The second-order valence-corrected chi connectivity index (χ2v) is 8.29. The largest absolute Gasteiger partial charge is 0.497 e. The fraction of sp³-hybridized carbons (Fsp3) is 0.417. The van der Waals surface area contributed by atoms with E-state index < -0.39 is 0 Å². The monoisotopic (exact) mass is 411 g/mol. The zero-order chi connectivity index (χ0) is 22.1. The van der Waals surface area contributed by atoms with E-state index in [1.165, 1.54) is 0 Å². The second kappa shape index (κ2) is 10.8. The molecule has 2 rings (SSSR count). The zero-order valence-electron chi connectivity index (χ0n) is 18.6. The van der Waals surface area contributed by atoms with E-state index in [4.69, 9.17) is 4.74 Å². The summed E-state index contributed by atoms with van der Waals surface area (Å²) in [5.41, 5.74) is 1.65. The summed E-state index contributed by atoms with van der Waals surface area (Å²) >= 11 is 0. The molecule has 6 heteroatoms. The van der Waals surface area contributed by atoms with E-state index in [0.29, 0.717) is 6.54 Å². The Labute approximate surface area is 179 Å². The number of carbonyl (C=O) groups excluding carboxylic acids is 2. The molecule has 162 valence electrons. The fourth-order valence-electron chi connectivity index (χ4n) is 3.15. The highest BCUT2D eigenvalue weighted by Crippen LogP contribution is 2.24. The number of ether oxygens (including phenoxy) is 1. The van der Waals surface area contributed by atoms with Crippen molar-refractivity contribution in [2.75, 3.05) is 26.7 Å². The minimum absolute atomic E-state index is 0.0908. The van der Waals surface area contributed by atoms with Crippen LogP contribution in [0.5, 0.6) is 5.75 Å². The molecule has 0 fully saturated rings. The molecule has 0 heterocycles. The van der Waals surface area contributed by atoms with Crippen LogP contribution in [0.1, 0.15) is 44.9 Å². The molecule has 0 saturated heterocycles. The van der Waals surface area contributed by atoms with Gasteiger partial charge in [-0.25, -0.2) is 0 Å². The normalized spacial score (nSPS) is 12.3. The van der Waals surface area contributed by atoms with Crippen LogP contribution in [0.15, 0.2) is 54.6 Å². The van der Waals surface area contributed by atoms with Gasteiger partial charge >= 0.3 is 0 Å². The van der Waals surface area contributed by atoms with Gasteiger partial charge in [0, 0.05) is 5.54 Å². The number of amides is 2. The van der Waals surface area contributed by atoms with Crippen molar-refractivity contribution in [3.05, 3.63) is 65.7 Å². The van der Waals surface area contributed by atoms with Crippen LogP contribution < -0.4 is 15.4 Å². The van der Waals surface area contributed by atoms with Crippen molar-refractivity contribution < 1.29 is 14.3 Å². The molecule has 2 N–H and O–H groups in total. The number of benzene rings is 2. The van der Waals surface area contributed by atoms with Crippen LogP contribution in [0.25, 0.3) is 0 Å². The van der Waals surface area contributed by atoms with Gasteiger partial charge in [-0.15, -0.1) is 0 Å². The fourth-order valence-corrected chi connectivity index (χ4v) is 3.15. The predicted molar refractivity (Wildman–Crippen MR) is 119 cm³/mol. The quantitative estimate of drug-likeness (QED) is 0.665.